The smallest absolute Gasteiger partial charge is 1.00 e. The third-order valence-electron chi connectivity index (χ3n) is 8.60. The van der Waals surface area contributed by atoms with Crippen LogP contribution in [0.2, 0.25) is 13.1 Å². The van der Waals surface area contributed by atoms with Crippen LogP contribution in [0.3, 0.4) is 0 Å². The van der Waals surface area contributed by atoms with Gasteiger partial charge in [0.25, 0.3) is 0 Å². The predicted octanol–water partition coefficient (Wildman–Crippen LogP) is 4.79. The van der Waals surface area contributed by atoms with E-state index >= 15 is 0 Å². The molecule has 1 radical (unpaired) electrons. The summed E-state index contributed by atoms with van der Waals surface area (Å²) in [6.45, 7) is 29.1. The number of hydrogen-bond acceptors (Lipinski definition) is 1. The average Bonchev–Trinajstić information content (AvgIpc) is 3.55. The van der Waals surface area contributed by atoms with Gasteiger partial charge in [-0.15, -0.1) is 28.5 Å². The second-order valence-electron chi connectivity index (χ2n) is 14.2. The maximum atomic E-state index is 6.00. The molecule has 0 heterocycles. The molecule has 1 nitrogen and oxygen atoms in total. The fraction of sp³-hybridized carbons (Fsp3) is 0.487. The Morgan fingerprint density at radius 2 is 1.20 bits per heavy atom. The molecule has 4 aromatic carbocycles. The first-order chi connectivity index (χ1) is 19.0. The first kappa shape index (κ1) is 42.9. The monoisotopic (exact) mass is 727 g/mol. The molecule has 239 valence electrons. The number of methoxy groups -OCH3 is 1. The summed E-state index contributed by atoms with van der Waals surface area (Å²) in [7, 11) is 2.57. The molecule has 1 aliphatic carbocycles. The number of fused-ring (bicyclic) bond motifs is 2. The van der Waals surface area contributed by atoms with E-state index in [1.165, 1.54) is 80.1 Å². The summed E-state index contributed by atoms with van der Waals surface area (Å²) < 4.78 is 6.00. The molecule has 44 heavy (non-hydrogen) atoms. The van der Waals surface area contributed by atoms with Crippen LogP contribution in [0, 0.1) is 34.6 Å². The molecular formula is C39H55Cl2OSiZr. The molecule has 0 spiro atoms. The molecule has 0 saturated heterocycles. The minimum atomic E-state index is 0. The number of ether oxygens (including phenoxy) is 1. The van der Waals surface area contributed by atoms with Gasteiger partial charge in [-0.05, 0) is 47.8 Å². The van der Waals surface area contributed by atoms with E-state index < -0.39 is 0 Å². The van der Waals surface area contributed by atoms with E-state index in [0.29, 0.717) is 0 Å². The van der Waals surface area contributed by atoms with Crippen LogP contribution in [-0.4, -0.2) is 16.6 Å². The zero-order chi connectivity index (χ0) is 30.9. The van der Waals surface area contributed by atoms with Gasteiger partial charge in [-0.1, -0.05) is 106 Å². The first-order valence-electron chi connectivity index (χ1n) is 15.4. The van der Waals surface area contributed by atoms with E-state index in [9.17, 15) is 0 Å². The molecule has 0 atom stereocenters. The van der Waals surface area contributed by atoms with Crippen LogP contribution in [0.4, 0.5) is 0 Å². The topological polar surface area (TPSA) is 9.23 Å². The van der Waals surface area contributed by atoms with Gasteiger partial charge in [-0.25, -0.2) is 0 Å². The molecule has 0 fully saturated rings. The molecular weight excluding hydrogens is 675 g/mol. The molecule has 0 amide bonds. The van der Waals surface area contributed by atoms with Gasteiger partial charge >= 0.3 is 26.2 Å². The van der Waals surface area contributed by atoms with Crippen molar-refractivity contribution in [1.82, 2.24) is 0 Å². The number of halogens is 2. The maximum absolute atomic E-state index is 6.00. The zero-order valence-electron chi connectivity index (χ0n) is 29.8. The van der Waals surface area contributed by atoms with E-state index in [-0.39, 0.29) is 61.8 Å². The van der Waals surface area contributed by atoms with Crippen LogP contribution in [0.25, 0.3) is 21.9 Å². The van der Waals surface area contributed by atoms with Crippen molar-refractivity contribution in [2.75, 3.05) is 7.11 Å². The van der Waals surface area contributed by atoms with Crippen molar-refractivity contribution >= 4 is 20.3 Å². The average molecular weight is 730 g/mol. The van der Waals surface area contributed by atoms with Crippen molar-refractivity contribution in [3.05, 3.63) is 86.5 Å². The van der Waals surface area contributed by atoms with Crippen LogP contribution < -0.4 is 29.6 Å². The van der Waals surface area contributed by atoms with Crippen LogP contribution >= 0.6 is 0 Å². The van der Waals surface area contributed by atoms with Gasteiger partial charge in [-0.2, -0.15) is 34.4 Å². The minimum absolute atomic E-state index is 0. The van der Waals surface area contributed by atoms with Crippen LogP contribution in [0.5, 0.6) is 5.75 Å². The van der Waals surface area contributed by atoms with Gasteiger partial charge in [-0.3, -0.25) is 0 Å². The summed E-state index contributed by atoms with van der Waals surface area (Å²) in [4.78, 5) is 0. The summed E-state index contributed by atoms with van der Waals surface area (Å²) in [5.41, 5.74) is 15.7. The SMILES string of the molecule is COc1c(C(C)(C)C)cc(-c2c3c(cc4[cH-]c(C)cc24)CCC3)cc1C(C)(C)C.C[SiH]C.Cc1[cH-]c(C)c(C)c1C.[Cl-].[Cl-].[Zr+4]. The standard InChI is InChI=1S/C28H35O.C9H13.C2H7Si.2ClH.Zr/c1-17-12-19-14-18-10-9-11-21(18)25(22(19)13-17)20-15-23(27(2,3)4)26(29-8)24(16-20)28(5,6)7;1-6-5-7(2)9(4)8(6)3;1-3-2;;;/h12-16H,9-11H2,1-8H3;5H,1-4H3;3H,1-2H3;2*1H;/q2*-1;;;;+4/p-2. The summed E-state index contributed by atoms with van der Waals surface area (Å²) >= 11 is 0. The summed E-state index contributed by atoms with van der Waals surface area (Å²) in [5, 5.41) is 2.80. The Morgan fingerprint density at radius 3 is 1.59 bits per heavy atom. The molecule has 0 bridgehead atoms. The quantitative estimate of drug-likeness (QED) is 0.213. The summed E-state index contributed by atoms with van der Waals surface area (Å²) in [6, 6.07) is 14.2. The van der Waals surface area contributed by atoms with E-state index in [1.807, 2.05) is 7.11 Å². The van der Waals surface area contributed by atoms with Gasteiger partial charge in [0.2, 0.25) is 0 Å². The summed E-state index contributed by atoms with van der Waals surface area (Å²) in [5.74, 6) is 1.05. The van der Waals surface area contributed by atoms with Gasteiger partial charge in [0.05, 0.1) is 7.11 Å². The zero-order valence-corrected chi connectivity index (χ0v) is 35.0. The Morgan fingerprint density at radius 1 is 0.727 bits per heavy atom. The fourth-order valence-corrected chi connectivity index (χ4v) is 6.14. The van der Waals surface area contributed by atoms with Crippen molar-refractivity contribution in [3.63, 3.8) is 0 Å². The Hall–Kier alpha value is -1.12. The second kappa shape index (κ2) is 17.2. The number of hydrogen-bond donors (Lipinski definition) is 0. The number of benzene rings is 2. The van der Waals surface area contributed by atoms with Gasteiger partial charge in [0, 0.05) is 20.6 Å². The largest absolute Gasteiger partial charge is 4.00 e. The number of aryl methyl sites for hydroxylation is 4. The molecule has 1 aliphatic rings. The Labute approximate surface area is 303 Å². The Bertz CT molecular complexity index is 1450. The minimum Gasteiger partial charge on any atom is -1.00 e. The van der Waals surface area contributed by atoms with Crippen LogP contribution in [-0.2, 0) is 49.9 Å². The maximum Gasteiger partial charge on any atom is 4.00 e. The van der Waals surface area contributed by atoms with Crippen molar-refractivity contribution < 1.29 is 55.8 Å². The molecule has 5 heteroatoms. The van der Waals surface area contributed by atoms with Crippen LogP contribution in [0.1, 0.15) is 98.0 Å². The van der Waals surface area contributed by atoms with E-state index in [4.69, 9.17) is 4.74 Å². The van der Waals surface area contributed by atoms with Gasteiger partial charge < -0.3 is 29.6 Å². The molecule has 0 aliphatic heterocycles. The van der Waals surface area contributed by atoms with E-state index in [1.54, 1.807) is 11.1 Å². The first-order valence-corrected chi connectivity index (χ1v) is 17.7. The van der Waals surface area contributed by atoms with Gasteiger partial charge in [0.15, 0.2) is 0 Å². The molecule has 4 aromatic rings. The fourth-order valence-electron chi connectivity index (χ4n) is 6.14. The number of rotatable bonds is 2. The molecule has 0 aromatic heterocycles. The van der Waals surface area contributed by atoms with Crippen LogP contribution in [0.15, 0.2) is 36.4 Å². The van der Waals surface area contributed by atoms with E-state index in [2.05, 4.69) is 126 Å². The van der Waals surface area contributed by atoms with Crippen molar-refractivity contribution in [2.45, 2.75) is 119 Å². The predicted molar refractivity (Wildman–Crippen MR) is 186 cm³/mol. The molecule has 5 rings (SSSR count). The third kappa shape index (κ3) is 9.47. The second-order valence-corrected chi connectivity index (χ2v) is 15.4. The van der Waals surface area contributed by atoms with E-state index in [0.717, 1.165) is 15.3 Å². The molecule has 0 N–H and O–H groups in total. The van der Waals surface area contributed by atoms with Crippen molar-refractivity contribution in [1.29, 1.82) is 0 Å². The molecule has 0 saturated carbocycles. The van der Waals surface area contributed by atoms with Gasteiger partial charge in [0.1, 0.15) is 5.75 Å². The Balaban J connectivity index is 0.00000105. The normalized spacial score (nSPS) is 12.0. The van der Waals surface area contributed by atoms with Crippen molar-refractivity contribution in [3.8, 4) is 16.9 Å². The Kier molecular flexibility index (Phi) is 16.7. The summed E-state index contributed by atoms with van der Waals surface area (Å²) in [6.07, 6.45) is 3.66. The molecule has 0 unspecified atom stereocenters. The van der Waals surface area contributed by atoms with Crippen molar-refractivity contribution in [2.24, 2.45) is 0 Å². The third-order valence-corrected chi connectivity index (χ3v) is 8.60.